The number of guanidine groups is 1. The second-order valence-electron chi connectivity index (χ2n) is 5.05. The van der Waals surface area contributed by atoms with Crippen LogP contribution in [0.3, 0.4) is 0 Å². The number of hydrazine groups is 1. The minimum atomic E-state index is 0.515. The van der Waals surface area contributed by atoms with Gasteiger partial charge in [0, 0.05) is 19.3 Å². The van der Waals surface area contributed by atoms with E-state index < -0.39 is 0 Å². The first-order valence-corrected chi connectivity index (χ1v) is 6.27. The Bertz CT molecular complexity index is 424. The molecule has 0 bridgehead atoms. The summed E-state index contributed by atoms with van der Waals surface area (Å²) in [7, 11) is 1.97. The SMILES string of the molecule is Cc1ccc(N(C)C(=NCC(C)C)NN)c(C)c1. The van der Waals surface area contributed by atoms with Gasteiger partial charge in [-0.05, 0) is 31.4 Å². The van der Waals surface area contributed by atoms with Gasteiger partial charge >= 0.3 is 0 Å². The van der Waals surface area contributed by atoms with Crippen LogP contribution in [0, 0.1) is 19.8 Å². The lowest BCUT2D eigenvalue weighted by molar-refractivity contribution is 0.661. The minimum Gasteiger partial charge on any atom is -0.314 e. The highest BCUT2D eigenvalue weighted by molar-refractivity contribution is 5.95. The molecule has 4 heteroatoms. The van der Waals surface area contributed by atoms with Crippen molar-refractivity contribution in [3.8, 4) is 0 Å². The Morgan fingerprint density at radius 3 is 2.56 bits per heavy atom. The Morgan fingerprint density at radius 2 is 2.06 bits per heavy atom. The normalized spacial score (nSPS) is 11.8. The Morgan fingerprint density at radius 1 is 1.39 bits per heavy atom. The molecule has 18 heavy (non-hydrogen) atoms. The second kappa shape index (κ2) is 6.40. The highest BCUT2D eigenvalue weighted by Gasteiger charge is 2.10. The third-order valence-electron chi connectivity index (χ3n) is 2.77. The quantitative estimate of drug-likeness (QED) is 0.373. The van der Waals surface area contributed by atoms with Gasteiger partial charge in [0.2, 0.25) is 5.96 Å². The number of hydrogen-bond acceptors (Lipinski definition) is 2. The van der Waals surface area contributed by atoms with Crippen LogP contribution in [0.5, 0.6) is 0 Å². The van der Waals surface area contributed by atoms with Crippen molar-refractivity contribution >= 4 is 11.6 Å². The first-order chi connectivity index (χ1) is 8.45. The van der Waals surface area contributed by atoms with E-state index in [0.29, 0.717) is 11.9 Å². The molecule has 0 aliphatic carbocycles. The number of aryl methyl sites for hydroxylation is 2. The monoisotopic (exact) mass is 248 g/mol. The van der Waals surface area contributed by atoms with E-state index in [9.17, 15) is 0 Å². The van der Waals surface area contributed by atoms with Crippen LogP contribution in [0.1, 0.15) is 25.0 Å². The van der Waals surface area contributed by atoms with E-state index in [1.807, 2.05) is 11.9 Å². The van der Waals surface area contributed by atoms with Crippen LogP contribution in [-0.2, 0) is 0 Å². The fourth-order valence-electron chi connectivity index (χ4n) is 1.81. The third kappa shape index (κ3) is 3.74. The third-order valence-corrected chi connectivity index (χ3v) is 2.77. The van der Waals surface area contributed by atoms with E-state index in [2.05, 4.69) is 56.3 Å². The van der Waals surface area contributed by atoms with Crippen LogP contribution < -0.4 is 16.2 Å². The average molecular weight is 248 g/mol. The van der Waals surface area contributed by atoms with Crippen molar-refractivity contribution < 1.29 is 0 Å². The standard InChI is InChI=1S/C14H24N4/c1-10(2)9-16-14(17-15)18(5)13-7-6-11(3)8-12(13)4/h6-8,10H,9,15H2,1-5H3,(H,16,17). The number of nitrogens with two attached hydrogens (primary N) is 1. The summed E-state index contributed by atoms with van der Waals surface area (Å²) in [5, 5.41) is 0. The van der Waals surface area contributed by atoms with Gasteiger partial charge in [-0.15, -0.1) is 0 Å². The zero-order valence-electron chi connectivity index (χ0n) is 12.0. The highest BCUT2D eigenvalue weighted by atomic mass is 15.4. The number of rotatable bonds is 3. The van der Waals surface area contributed by atoms with Crippen molar-refractivity contribution in [3.05, 3.63) is 29.3 Å². The predicted octanol–water partition coefficient (Wildman–Crippen LogP) is 2.21. The molecule has 100 valence electrons. The zero-order chi connectivity index (χ0) is 13.7. The van der Waals surface area contributed by atoms with Gasteiger partial charge in [-0.1, -0.05) is 31.5 Å². The van der Waals surface area contributed by atoms with E-state index in [-0.39, 0.29) is 0 Å². The minimum absolute atomic E-state index is 0.515. The van der Waals surface area contributed by atoms with Crippen molar-refractivity contribution in [2.75, 3.05) is 18.5 Å². The molecule has 0 amide bonds. The van der Waals surface area contributed by atoms with Gasteiger partial charge in [0.25, 0.3) is 0 Å². The maximum absolute atomic E-state index is 5.55. The summed E-state index contributed by atoms with van der Waals surface area (Å²) in [5.41, 5.74) is 6.25. The Labute approximate surface area is 110 Å². The number of aliphatic imine (C=N–C) groups is 1. The average Bonchev–Trinajstić information content (AvgIpc) is 2.29. The molecule has 0 aliphatic rings. The van der Waals surface area contributed by atoms with Crippen LogP contribution in [0.4, 0.5) is 5.69 Å². The lowest BCUT2D eigenvalue weighted by atomic mass is 10.1. The molecular formula is C14H24N4. The fourth-order valence-corrected chi connectivity index (χ4v) is 1.81. The molecule has 0 fully saturated rings. The van der Waals surface area contributed by atoms with E-state index in [4.69, 9.17) is 5.84 Å². The van der Waals surface area contributed by atoms with Crippen molar-refractivity contribution in [2.45, 2.75) is 27.7 Å². The van der Waals surface area contributed by atoms with Crippen LogP contribution >= 0.6 is 0 Å². The molecule has 0 spiro atoms. The van der Waals surface area contributed by atoms with Gasteiger partial charge < -0.3 is 4.90 Å². The number of anilines is 1. The fraction of sp³-hybridized carbons (Fsp3) is 0.500. The molecule has 0 aromatic heterocycles. The van der Waals surface area contributed by atoms with Crippen LogP contribution in [0.2, 0.25) is 0 Å². The molecule has 0 heterocycles. The lowest BCUT2D eigenvalue weighted by Gasteiger charge is -2.23. The summed E-state index contributed by atoms with van der Waals surface area (Å²) < 4.78 is 0. The Kier molecular flexibility index (Phi) is 5.16. The van der Waals surface area contributed by atoms with Crippen molar-refractivity contribution in [1.82, 2.24) is 5.43 Å². The highest BCUT2D eigenvalue weighted by Crippen LogP contribution is 2.19. The molecule has 1 aromatic rings. The lowest BCUT2D eigenvalue weighted by Crippen LogP contribution is -2.43. The molecular weight excluding hydrogens is 224 g/mol. The molecule has 4 nitrogen and oxygen atoms in total. The van der Waals surface area contributed by atoms with Crippen LogP contribution in [0.15, 0.2) is 23.2 Å². The number of benzene rings is 1. The van der Waals surface area contributed by atoms with Crippen molar-refractivity contribution in [1.29, 1.82) is 0 Å². The Hall–Kier alpha value is -1.55. The predicted molar refractivity (Wildman–Crippen MR) is 78.8 cm³/mol. The maximum atomic E-state index is 5.55. The zero-order valence-corrected chi connectivity index (χ0v) is 12.0. The number of nitrogens with zero attached hydrogens (tertiary/aromatic N) is 2. The van der Waals surface area contributed by atoms with Crippen LogP contribution in [0.25, 0.3) is 0 Å². The molecule has 1 aromatic carbocycles. The molecule has 3 N–H and O–H groups in total. The number of hydrogen-bond donors (Lipinski definition) is 2. The molecule has 0 saturated carbocycles. The topological polar surface area (TPSA) is 53.6 Å². The summed E-state index contributed by atoms with van der Waals surface area (Å²) >= 11 is 0. The second-order valence-corrected chi connectivity index (χ2v) is 5.05. The van der Waals surface area contributed by atoms with Crippen molar-refractivity contribution in [3.63, 3.8) is 0 Å². The molecule has 0 atom stereocenters. The maximum Gasteiger partial charge on any atom is 0.212 e. The van der Waals surface area contributed by atoms with E-state index in [1.165, 1.54) is 11.1 Å². The van der Waals surface area contributed by atoms with E-state index in [1.54, 1.807) is 0 Å². The van der Waals surface area contributed by atoms with Gasteiger partial charge in [-0.3, -0.25) is 10.4 Å². The van der Waals surface area contributed by atoms with Gasteiger partial charge in [-0.2, -0.15) is 0 Å². The first kappa shape index (κ1) is 14.5. The summed E-state index contributed by atoms with van der Waals surface area (Å²) in [6.07, 6.45) is 0. The van der Waals surface area contributed by atoms with Crippen LogP contribution in [-0.4, -0.2) is 19.6 Å². The molecule has 0 unspecified atom stereocenters. The van der Waals surface area contributed by atoms with E-state index in [0.717, 1.165) is 12.2 Å². The summed E-state index contributed by atoms with van der Waals surface area (Å²) in [6, 6.07) is 6.34. The van der Waals surface area contributed by atoms with Gasteiger partial charge in [0.1, 0.15) is 0 Å². The van der Waals surface area contributed by atoms with E-state index >= 15 is 0 Å². The smallest absolute Gasteiger partial charge is 0.212 e. The van der Waals surface area contributed by atoms with Gasteiger partial charge in [-0.25, -0.2) is 5.84 Å². The van der Waals surface area contributed by atoms with Gasteiger partial charge in [0.15, 0.2) is 0 Å². The summed E-state index contributed by atoms with van der Waals surface area (Å²) in [6.45, 7) is 9.21. The first-order valence-electron chi connectivity index (χ1n) is 6.27. The Balaban J connectivity index is 2.96. The summed E-state index contributed by atoms with van der Waals surface area (Å²) in [4.78, 5) is 6.47. The molecule has 0 radical (unpaired) electrons. The van der Waals surface area contributed by atoms with Gasteiger partial charge in [0.05, 0.1) is 0 Å². The summed E-state index contributed by atoms with van der Waals surface area (Å²) in [5.74, 6) is 6.76. The largest absolute Gasteiger partial charge is 0.314 e. The van der Waals surface area contributed by atoms with Crippen molar-refractivity contribution in [2.24, 2.45) is 16.8 Å². The molecule has 0 aliphatic heterocycles. The molecule has 1 rings (SSSR count). The molecule has 0 saturated heterocycles. The number of nitrogens with one attached hydrogen (secondary N) is 1.